The lowest BCUT2D eigenvalue weighted by molar-refractivity contribution is -0.195. The summed E-state index contributed by atoms with van der Waals surface area (Å²) in [4.78, 5) is 14.4. The van der Waals surface area contributed by atoms with E-state index in [2.05, 4.69) is 9.62 Å². The van der Waals surface area contributed by atoms with E-state index in [4.69, 9.17) is 27.7 Å². The van der Waals surface area contributed by atoms with Crippen molar-refractivity contribution >= 4 is 28.5 Å². The minimum Gasteiger partial charge on any atom is -0.464 e. The van der Waals surface area contributed by atoms with Crippen LogP contribution in [0.5, 0.6) is 0 Å². The molecule has 0 saturated carbocycles. The summed E-state index contributed by atoms with van der Waals surface area (Å²) in [6.07, 6.45) is 0.792. The summed E-state index contributed by atoms with van der Waals surface area (Å²) < 4.78 is 4.17. The highest BCUT2D eigenvalue weighted by Crippen LogP contribution is 2.01. The molecule has 0 aromatic carbocycles. The molecule has 6 nitrogen and oxygen atoms in total. The maximum absolute atomic E-state index is 10.7. The number of methoxy groups -OCH3 is 1. The van der Waals surface area contributed by atoms with Crippen LogP contribution in [0.15, 0.2) is 11.8 Å². The van der Waals surface area contributed by atoms with Crippen molar-refractivity contribution in [1.82, 2.24) is 0 Å². The predicted octanol–water partition coefficient (Wildman–Crippen LogP) is 2.82. The molecule has 0 spiro atoms. The first kappa shape index (κ1) is 20.9. The first-order valence-corrected chi connectivity index (χ1v) is 5.35. The van der Waals surface area contributed by atoms with E-state index in [1.807, 2.05) is 27.7 Å². The van der Waals surface area contributed by atoms with E-state index in [0.717, 1.165) is 13.2 Å². The van der Waals surface area contributed by atoms with Gasteiger partial charge in [-0.05, 0) is 0 Å². The van der Waals surface area contributed by atoms with Crippen LogP contribution in [0.2, 0.25) is 0 Å². The molecule has 17 heavy (non-hydrogen) atoms. The molecule has 0 atom stereocenters. The zero-order valence-electron chi connectivity index (χ0n) is 10.6. The van der Waals surface area contributed by atoms with Gasteiger partial charge in [0, 0.05) is 6.08 Å². The number of carbonyl (C=O) groups excluding carboxylic acids is 1. The average Bonchev–Trinajstić information content (AvgIpc) is 2.38. The van der Waals surface area contributed by atoms with Crippen LogP contribution >= 0.6 is 11.6 Å². The van der Waals surface area contributed by atoms with Crippen LogP contribution in [0.4, 0.5) is 0 Å². The van der Waals surface area contributed by atoms with Gasteiger partial charge >= 0.3 is 5.97 Å². The third kappa shape index (κ3) is 10.9. The molecule has 0 radical (unpaired) electrons. The molecule has 0 aromatic heterocycles. The Balaban J connectivity index is -0.000000439. The van der Waals surface area contributed by atoms with Gasteiger partial charge in [0.25, 0.3) is 0 Å². The predicted molar refractivity (Wildman–Crippen MR) is 67.8 cm³/mol. The highest BCUT2D eigenvalue weighted by atomic mass is 35.5. The molecule has 0 unspecified atom stereocenters. The van der Waals surface area contributed by atoms with Crippen molar-refractivity contribution in [2.45, 2.75) is 27.7 Å². The zero-order valence-corrected chi connectivity index (χ0v) is 11.4. The maximum atomic E-state index is 10.7. The quantitative estimate of drug-likeness (QED) is 0.239. The van der Waals surface area contributed by atoms with Gasteiger partial charge < -0.3 is 9.62 Å². The van der Waals surface area contributed by atoms with Crippen molar-refractivity contribution in [3.8, 4) is 0 Å². The van der Waals surface area contributed by atoms with Gasteiger partial charge in [-0.3, -0.25) is 10.8 Å². The molecule has 0 rings (SSSR count). The first-order chi connectivity index (χ1) is 8.02. The number of carbonyl (C=O) groups is 1. The number of halogens is 1. The lowest BCUT2D eigenvalue weighted by Crippen LogP contribution is -2.18. The summed E-state index contributed by atoms with van der Waals surface area (Å²) in [6, 6.07) is 0. The van der Waals surface area contributed by atoms with Crippen molar-refractivity contribution < 1.29 is 19.7 Å². The van der Waals surface area contributed by atoms with Crippen molar-refractivity contribution in [3.05, 3.63) is 11.8 Å². The van der Waals surface area contributed by atoms with Gasteiger partial charge in [0.1, 0.15) is 5.17 Å². The van der Waals surface area contributed by atoms with E-state index in [1.54, 1.807) is 0 Å². The van der Waals surface area contributed by atoms with Crippen LogP contribution in [0.1, 0.15) is 27.7 Å². The van der Waals surface area contributed by atoms with Crippen molar-refractivity contribution in [2.75, 3.05) is 7.11 Å². The molecule has 0 bridgehead atoms. The second kappa shape index (κ2) is 14.6. The van der Waals surface area contributed by atoms with Crippen LogP contribution in [0.25, 0.3) is 0 Å². The topological polar surface area (TPSA) is 103 Å². The van der Waals surface area contributed by atoms with E-state index in [9.17, 15) is 4.79 Å². The number of esters is 1. The van der Waals surface area contributed by atoms with Gasteiger partial charge in [0.2, 0.25) is 5.76 Å². The van der Waals surface area contributed by atoms with Crippen LogP contribution in [-0.4, -0.2) is 29.2 Å². The largest absolute Gasteiger partial charge is 0.464 e. The molecule has 7 heteroatoms. The molecule has 100 valence electrons. The van der Waals surface area contributed by atoms with Gasteiger partial charge in [-0.15, -0.1) is 0 Å². The minimum absolute atomic E-state index is 0.488. The Morgan fingerprint density at radius 3 is 1.88 bits per heavy atom. The fourth-order valence-electron chi connectivity index (χ4n) is 0.462. The number of rotatable bonds is 4. The molecular formula is C10H19ClN2O4. The van der Waals surface area contributed by atoms with Crippen LogP contribution < -0.4 is 0 Å². The molecule has 0 amide bonds. The summed E-state index contributed by atoms with van der Waals surface area (Å²) in [5.74, 6) is -1.55. The summed E-state index contributed by atoms with van der Waals surface area (Å²) in [5.41, 5.74) is -0.726. The standard InChI is InChI=1S/C6H7ClN2O4.2C2H6/c1-12-6(10)5(9)3(13-11)2-4(7)8;2*1-2/h2,8-9,11H,1H3;2*1-2H3/b3-2+,8-4?,9-5?;;. The average molecular weight is 267 g/mol. The summed E-state index contributed by atoms with van der Waals surface area (Å²) in [7, 11) is 1.07. The van der Waals surface area contributed by atoms with Gasteiger partial charge in [-0.2, -0.15) is 0 Å². The lowest BCUT2D eigenvalue weighted by Gasteiger charge is -2.02. The van der Waals surface area contributed by atoms with Gasteiger partial charge in [0.15, 0.2) is 5.71 Å². The number of allylic oxidation sites excluding steroid dienone is 1. The van der Waals surface area contributed by atoms with Crippen molar-refractivity contribution in [3.63, 3.8) is 0 Å². The van der Waals surface area contributed by atoms with Crippen LogP contribution in [-0.2, 0) is 14.4 Å². The molecule has 0 fully saturated rings. The Labute approximate surface area is 106 Å². The van der Waals surface area contributed by atoms with E-state index < -0.39 is 22.6 Å². The Bertz CT molecular complexity index is 277. The maximum Gasteiger partial charge on any atom is 0.360 e. The normalized spacial score (nSPS) is 8.76. The Morgan fingerprint density at radius 2 is 1.65 bits per heavy atom. The molecule has 0 aromatic rings. The fourth-order valence-corrected chi connectivity index (χ4v) is 0.561. The molecule has 3 N–H and O–H groups in total. The molecule has 0 aliphatic rings. The van der Waals surface area contributed by atoms with E-state index in [0.29, 0.717) is 0 Å². The lowest BCUT2D eigenvalue weighted by atomic mass is 10.3. The third-order valence-electron chi connectivity index (χ3n) is 0.992. The summed E-state index contributed by atoms with van der Waals surface area (Å²) in [5, 5.41) is 21.6. The van der Waals surface area contributed by atoms with Gasteiger partial charge in [0.05, 0.1) is 7.11 Å². The molecular weight excluding hydrogens is 248 g/mol. The Morgan fingerprint density at radius 1 is 1.24 bits per heavy atom. The third-order valence-corrected chi connectivity index (χ3v) is 1.10. The van der Waals surface area contributed by atoms with E-state index in [-0.39, 0.29) is 0 Å². The smallest absolute Gasteiger partial charge is 0.360 e. The van der Waals surface area contributed by atoms with Crippen LogP contribution in [0.3, 0.4) is 0 Å². The highest BCUT2D eigenvalue weighted by molar-refractivity contribution is 6.68. The number of ether oxygens (including phenoxy) is 1. The molecule has 0 saturated heterocycles. The highest BCUT2D eigenvalue weighted by Gasteiger charge is 2.17. The second-order valence-corrected chi connectivity index (χ2v) is 2.22. The van der Waals surface area contributed by atoms with Gasteiger partial charge in [-0.1, -0.05) is 39.3 Å². The van der Waals surface area contributed by atoms with Crippen molar-refractivity contribution in [1.29, 1.82) is 10.8 Å². The first-order valence-electron chi connectivity index (χ1n) is 4.97. The minimum atomic E-state index is -1.00. The number of hydrogen-bond acceptors (Lipinski definition) is 6. The van der Waals surface area contributed by atoms with Crippen molar-refractivity contribution in [2.24, 2.45) is 0 Å². The second-order valence-electron chi connectivity index (χ2n) is 1.81. The number of nitrogens with one attached hydrogen (secondary N) is 2. The molecule has 0 aliphatic carbocycles. The molecule has 0 aliphatic heterocycles. The monoisotopic (exact) mass is 266 g/mol. The summed E-state index contributed by atoms with van der Waals surface area (Å²) in [6.45, 7) is 8.00. The Hall–Kier alpha value is -1.40. The number of hydrogen-bond donors (Lipinski definition) is 3. The van der Waals surface area contributed by atoms with Crippen LogP contribution in [0, 0.1) is 10.8 Å². The fraction of sp³-hybridized carbons (Fsp3) is 0.500. The Kier molecular flexibility index (Phi) is 18.0. The summed E-state index contributed by atoms with van der Waals surface area (Å²) >= 11 is 5.11. The molecule has 0 heterocycles. The zero-order chi connectivity index (χ0) is 14.4. The SMILES string of the molecule is CC.CC.COC(=O)C(=N)/C(=C\C(=N)Cl)OO. The van der Waals surface area contributed by atoms with E-state index in [1.165, 1.54) is 0 Å². The van der Waals surface area contributed by atoms with E-state index >= 15 is 0 Å². The van der Waals surface area contributed by atoms with Gasteiger partial charge in [-0.25, -0.2) is 10.1 Å².